The number of benzene rings is 1. The third-order valence-electron chi connectivity index (χ3n) is 2.77. The maximum Gasteiger partial charge on any atom is 0.338 e. The van der Waals surface area contributed by atoms with Crippen molar-refractivity contribution in [3.8, 4) is 0 Å². The first-order chi connectivity index (χ1) is 7.02. The number of aromatic amines is 1. The van der Waals surface area contributed by atoms with Crippen LogP contribution in [0.4, 0.5) is 0 Å². The molecule has 0 aliphatic rings. The van der Waals surface area contributed by atoms with Crippen LogP contribution in [0.25, 0.3) is 10.9 Å². The predicted octanol–water partition coefficient (Wildman–Crippen LogP) is 2.19. The van der Waals surface area contributed by atoms with Gasteiger partial charge in [-0.2, -0.15) is 5.10 Å². The lowest BCUT2D eigenvalue weighted by molar-refractivity contribution is 0.0698. The minimum atomic E-state index is -0.923. The van der Waals surface area contributed by atoms with Gasteiger partial charge in [-0.25, -0.2) is 4.79 Å². The summed E-state index contributed by atoms with van der Waals surface area (Å²) >= 11 is 0. The maximum atomic E-state index is 11.1. The maximum absolute atomic E-state index is 11.1. The van der Waals surface area contributed by atoms with Crippen molar-refractivity contribution in [3.63, 3.8) is 0 Å². The van der Waals surface area contributed by atoms with E-state index in [0.717, 1.165) is 22.2 Å². The fourth-order valence-corrected chi connectivity index (χ4v) is 1.77. The first-order valence-electron chi connectivity index (χ1n) is 4.70. The van der Waals surface area contributed by atoms with E-state index in [1.54, 1.807) is 0 Å². The van der Waals surface area contributed by atoms with Crippen molar-refractivity contribution >= 4 is 16.9 Å². The van der Waals surface area contributed by atoms with E-state index in [0.29, 0.717) is 11.1 Å². The first-order valence-corrected chi connectivity index (χ1v) is 4.70. The predicted molar refractivity (Wildman–Crippen MR) is 57.3 cm³/mol. The molecule has 0 amide bonds. The second-order valence-electron chi connectivity index (χ2n) is 3.74. The minimum absolute atomic E-state index is 0.300. The SMILES string of the molecule is Cc1cc2c(C)[nH]nc2c(C(=O)O)c1C. The molecule has 4 nitrogen and oxygen atoms in total. The van der Waals surface area contributed by atoms with E-state index in [1.807, 2.05) is 26.8 Å². The zero-order chi connectivity index (χ0) is 11.2. The molecule has 1 heterocycles. The molecule has 1 aromatic heterocycles. The van der Waals surface area contributed by atoms with E-state index in [9.17, 15) is 4.79 Å². The number of aromatic nitrogens is 2. The molecule has 0 saturated heterocycles. The Morgan fingerprint density at radius 2 is 2.07 bits per heavy atom. The summed E-state index contributed by atoms with van der Waals surface area (Å²) in [4.78, 5) is 11.1. The highest BCUT2D eigenvalue weighted by molar-refractivity contribution is 6.04. The Kier molecular flexibility index (Phi) is 2.00. The molecule has 2 aromatic rings. The van der Waals surface area contributed by atoms with E-state index in [-0.39, 0.29) is 0 Å². The van der Waals surface area contributed by atoms with Gasteiger partial charge in [-0.15, -0.1) is 0 Å². The highest BCUT2D eigenvalue weighted by Gasteiger charge is 2.17. The van der Waals surface area contributed by atoms with Gasteiger partial charge < -0.3 is 5.11 Å². The summed E-state index contributed by atoms with van der Waals surface area (Å²) in [7, 11) is 0. The van der Waals surface area contributed by atoms with Crippen LogP contribution in [0.15, 0.2) is 6.07 Å². The van der Waals surface area contributed by atoms with Gasteiger partial charge in [0.1, 0.15) is 5.52 Å². The van der Waals surface area contributed by atoms with Gasteiger partial charge in [0.15, 0.2) is 0 Å². The average Bonchev–Trinajstić information content (AvgIpc) is 2.49. The molecular formula is C11H12N2O2. The largest absolute Gasteiger partial charge is 0.478 e. The molecule has 0 spiro atoms. The molecule has 0 fully saturated rings. The van der Waals surface area contributed by atoms with Crippen molar-refractivity contribution in [3.05, 3.63) is 28.5 Å². The number of nitrogens with zero attached hydrogens (tertiary/aromatic N) is 1. The van der Waals surface area contributed by atoms with Crippen molar-refractivity contribution in [2.45, 2.75) is 20.8 Å². The summed E-state index contributed by atoms with van der Waals surface area (Å²) in [6.07, 6.45) is 0. The summed E-state index contributed by atoms with van der Waals surface area (Å²) in [5, 5.41) is 16.9. The van der Waals surface area contributed by atoms with E-state index in [2.05, 4.69) is 10.2 Å². The van der Waals surface area contributed by atoms with Gasteiger partial charge >= 0.3 is 5.97 Å². The Hall–Kier alpha value is -1.84. The smallest absolute Gasteiger partial charge is 0.338 e. The summed E-state index contributed by atoms with van der Waals surface area (Å²) in [6.45, 7) is 5.60. The highest BCUT2D eigenvalue weighted by atomic mass is 16.4. The number of hydrogen-bond acceptors (Lipinski definition) is 2. The fourth-order valence-electron chi connectivity index (χ4n) is 1.77. The van der Waals surface area contributed by atoms with Crippen LogP contribution in [0.1, 0.15) is 27.2 Å². The number of carbonyl (C=O) groups is 1. The number of nitrogens with one attached hydrogen (secondary N) is 1. The Labute approximate surface area is 86.9 Å². The number of carboxylic acids is 1. The monoisotopic (exact) mass is 204 g/mol. The molecule has 0 atom stereocenters. The van der Waals surface area contributed by atoms with E-state index in [4.69, 9.17) is 5.11 Å². The first kappa shape index (κ1) is 9.71. The molecular weight excluding hydrogens is 192 g/mol. The van der Waals surface area contributed by atoms with Crippen LogP contribution in [0.2, 0.25) is 0 Å². The third-order valence-corrected chi connectivity index (χ3v) is 2.77. The van der Waals surface area contributed by atoms with Crippen molar-refractivity contribution in [2.24, 2.45) is 0 Å². The van der Waals surface area contributed by atoms with Crippen molar-refractivity contribution < 1.29 is 9.90 Å². The summed E-state index contributed by atoms with van der Waals surface area (Å²) in [6, 6.07) is 1.97. The molecule has 0 unspecified atom stereocenters. The molecule has 4 heteroatoms. The standard InChI is InChI=1S/C11H12N2O2/c1-5-4-8-7(3)12-13-10(8)9(6(5)2)11(14)15/h4H,1-3H3,(H,12,13)(H,14,15). The Balaban J connectivity index is 2.97. The Morgan fingerprint density at radius 3 is 2.67 bits per heavy atom. The van der Waals surface area contributed by atoms with Crippen molar-refractivity contribution in [2.75, 3.05) is 0 Å². The van der Waals surface area contributed by atoms with Crippen LogP contribution in [0.3, 0.4) is 0 Å². The Bertz CT molecular complexity index is 555. The van der Waals surface area contributed by atoms with Gasteiger partial charge in [-0.3, -0.25) is 5.10 Å². The van der Waals surface area contributed by atoms with Crippen LogP contribution >= 0.6 is 0 Å². The molecule has 1 aromatic carbocycles. The van der Waals surface area contributed by atoms with E-state index >= 15 is 0 Å². The summed E-state index contributed by atoms with van der Waals surface area (Å²) < 4.78 is 0. The van der Waals surface area contributed by atoms with Crippen LogP contribution in [0.5, 0.6) is 0 Å². The lowest BCUT2D eigenvalue weighted by Crippen LogP contribution is -2.02. The average molecular weight is 204 g/mol. The van der Waals surface area contributed by atoms with E-state index in [1.165, 1.54) is 0 Å². The molecule has 0 saturated carbocycles. The number of hydrogen-bond donors (Lipinski definition) is 2. The molecule has 2 N–H and O–H groups in total. The fraction of sp³-hybridized carbons (Fsp3) is 0.273. The van der Waals surface area contributed by atoms with Gasteiger partial charge in [-0.05, 0) is 38.0 Å². The number of aromatic carboxylic acids is 1. The van der Waals surface area contributed by atoms with Gasteiger partial charge in [0, 0.05) is 11.1 Å². The molecule has 0 aliphatic heterocycles. The van der Waals surface area contributed by atoms with Crippen LogP contribution < -0.4 is 0 Å². The molecule has 15 heavy (non-hydrogen) atoms. The van der Waals surface area contributed by atoms with Gasteiger partial charge in [0.25, 0.3) is 0 Å². The Morgan fingerprint density at radius 1 is 1.40 bits per heavy atom. The summed E-state index contributed by atoms with van der Waals surface area (Å²) in [5.74, 6) is -0.923. The lowest BCUT2D eigenvalue weighted by Gasteiger charge is -2.05. The number of fused-ring (bicyclic) bond motifs is 1. The number of rotatable bonds is 1. The quantitative estimate of drug-likeness (QED) is 0.748. The molecule has 78 valence electrons. The number of H-pyrrole nitrogens is 1. The third kappa shape index (κ3) is 1.29. The van der Waals surface area contributed by atoms with Gasteiger partial charge in [0.05, 0.1) is 5.56 Å². The second kappa shape index (κ2) is 3.08. The van der Waals surface area contributed by atoms with Crippen LogP contribution in [-0.4, -0.2) is 21.3 Å². The van der Waals surface area contributed by atoms with Crippen LogP contribution in [0, 0.1) is 20.8 Å². The topological polar surface area (TPSA) is 66.0 Å². The van der Waals surface area contributed by atoms with Gasteiger partial charge in [-0.1, -0.05) is 0 Å². The van der Waals surface area contributed by atoms with Crippen molar-refractivity contribution in [1.82, 2.24) is 10.2 Å². The molecule has 0 radical (unpaired) electrons. The molecule has 0 aliphatic carbocycles. The van der Waals surface area contributed by atoms with Gasteiger partial charge in [0.2, 0.25) is 0 Å². The van der Waals surface area contributed by atoms with E-state index < -0.39 is 5.97 Å². The van der Waals surface area contributed by atoms with Crippen LogP contribution in [-0.2, 0) is 0 Å². The lowest BCUT2D eigenvalue weighted by atomic mass is 9.99. The highest BCUT2D eigenvalue weighted by Crippen LogP contribution is 2.25. The summed E-state index contributed by atoms with van der Waals surface area (Å²) in [5.41, 5.74) is 3.50. The minimum Gasteiger partial charge on any atom is -0.478 e. The number of carboxylic acid groups (broad SMARTS) is 1. The number of aryl methyl sites for hydroxylation is 2. The zero-order valence-electron chi connectivity index (χ0n) is 8.88. The normalized spacial score (nSPS) is 10.9. The molecule has 2 rings (SSSR count). The second-order valence-corrected chi connectivity index (χ2v) is 3.74. The van der Waals surface area contributed by atoms with Crippen molar-refractivity contribution in [1.29, 1.82) is 0 Å². The molecule has 0 bridgehead atoms. The zero-order valence-corrected chi connectivity index (χ0v) is 8.88.